The van der Waals surface area contributed by atoms with E-state index < -0.39 is 16.8 Å². The van der Waals surface area contributed by atoms with E-state index in [2.05, 4.69) is 10.8 Å². The number of hydrogen-bond donors (Lipinski definition) is 1. The van der Waals surface area contributed by atoms with Gasteiger partial charge in [-0.2, -0.15) is 5.26 Å². The molecular formula is C10H20N2OS. The maximum Gasteiger partial charge on any atom is 0.136 e. The van der Waals surface area contributed by atoms with Crippen LogP contribution in [-0.4, -0.2) is 15.3 Å². The van der Waals surface area contributed by atoms with Gasteiger partial charge >= 0.3 is 0 Å². The predicted octanol–water partition coefficient (Wildman–Crippen LogP) is 1.98. The number of nitriles is 1. The summed E-state index contributed by atoms with van der Waals surface area (Å²) in [5.74, 6) is 0. The summed E-state index contributed by atoms with van der Waals surface area (Å²) in [5, 5.41) is 8.89. The quantitative estimate of drug-likeness (QED) is 0.734. The Morgan fingerprint density at radius 2 is 1.71 bits per heavy atom. The molecule has 82 valence electrons. The van der Waals surface area contributed by atoms with E-state index in [1.807, 2.05) is 41.5 Å². The van der Waals surface area contributed by atoms with Crippen LogP contribution >= 0.6 is 0 Å². The molecule has 2 atom stereocenters. The zero-order valence-electron chi connectivity index (χ0n) is 9.84. The van der Waals surface area contributed by atoms with Crippen LogP contribution in [0.1, 0.15) is 41.5 Å². The van der Waals surface area contributed by atoms with Gasteiger partial charge in [-0.1, -0.05) is 0 Å². The molecule has 0 aliphatic rings. The summed E-state index contributed by atoms with van der Waals surface area (Å²) < 4.78 is 14.4. The van der Waals surface area contributed by atoms with Gasteiger partial charge in [-0.3, -0.25) is 0 Å². The fourth-order valence-corrected chi connectivity index (χ4v) is 1.55. The average Bonchev–Trinajstić information content (AvgIpc) is 2.02. The topological polar surface area (TPSA) is 58.9 Å². The smallest absolute Gasteiger partial charge is 0.136 e. The normalized spacial score (nSPS) is 17.3. The molecule has 0 rings (SSSR count). The number of nitrogens with zero attached hydrogens (tertiary/aromatic N) is 1. The van der Waals surface area contributed by atoms with Crippen molar-refractivity contribution in [1.29, 1.82) is 5.26 Å². The zero-order chi connectivity index (χ0) is 11.6. The maximum atomic E-state index is 11.7. The fourth-order valence-electron chi connectivity index (χ4n) is 0.581. The van der Waals surface area contributed by atoms with Crippen LogP contribution in [0.15, 0.2) is 0 Å². The van der Waals surface area contributed by atoms with Crippen molar-refractivity contribution in [2.45, 2.75) is 52.3 Å². The van der Waals surface area contributed by atoms with Crippen molar-refractivity contribution in [3.05, 3.63) is 0 Å². The second-order valence-corrected chi connectivity index (χ2v) is 7.05. The zero-order valence-corrected chi connectivity index (χ0v) is 10.7. The first-order valence-electron chi connectivity index (χ1n) is 4.70. The molecule has 0 aromatic carbocycles. The largest absolute Gasteiger partial charge is 0.598 e. The fraction of sp³-hybridized carbons (Fsp3) is 0.900. The van der Waals surface area contributed by atoms with Crippen LogP contribution in [0.4, 0.5) is 0 Å². The van der Waals surface area contributed by atoms with Crippen molar-refractivity contribution in [2.75, 3.05) is 0 Å². The molecule has 0 amide bonds. The van der Waals surface area contributed by atoms with E-state index in [0.29, 0.717) is 0 Å². The van der Waals surface area contributed by atoms with E-state index in [1.165, 1.54) is 0 Å². The summed E-state index contributed by atoms with van der Waals surface area (Å²) in [5.41, 5.74) is -0.499. The molecule has 3 nitrogen and oxygen atoms in total. The first-order valence-corrected chi connectivity index (χ1v) is 5.85. The van der Waals surface area contributed by atoms with Gasteiger partial charge in [0.25, 0.3) is 0 Å². The Labute approximate surface area is 90.2 Å². The van der Waals surface area contributed by atoms with Crippen LogP contribution < -0.4 is 4.72 Å². The maximum absolute atomic E-state index is 11.7. The summed E-state index contributed by atoms with van der Waals surface area (Å²) in [6.45, 7) is 11.3. The Bertz CT molecular complexity index is 227. The lowest BCUT2D eigenvalue weighted by Crippen LogP contribution is -2.48. The number of rotatable bonds is 3. The standard InChI is InChI=1S/C10H20N2OS/c1-8(10(5,6)7-11)12-14(13)9(2,3)4/h8,12H,1-6H3/t8-,14?/m0/s1. The molecule has 0 aromatic rings. The van der Waals surface area contributed by atoms with Gasteiger partial charge in [0.2, 0.25) is 0 Å². The molecule has 0 saturated heterocycles. The molecule has 1 N–H and O–H groups in total. The average molecular weight is 216 g/mol. The summed E-state index contributed by atoms with van der Waals surface area (Å²) in [4.78, 5) is 0. The minimum Gasteiger partial charge on any atom is -0.598 e. The van der Waals surface area contributed by atoms with Crippen LogP contribution in [-0.2, 0) is 11.4 Å². The Kier molecular flexibility index (Phi) is 4.44. The third-order valence-electron chi connectivity index (χ3n) is 2.21. The van der Waals surface area contributed by atoms with Crippen molar-refractivity contribution < 1.29 is 4.55 Å². The Hall–Kier alpha value is -0.240. The van der Waals surface area contributed by atoms with Crippen molar-refractivity contribution in [2.24, 2.45) is 5.41 Å². The molecule has 0 aliphatic heterocycles. The van der Waals surface area contributed by atoms with E-state index in [4.69, 9.17) is 5.26 Å². The SMILES string of the molecule is C[C@H](N[S+]([O-])C(C)(C)C)C(C)(C)C#N. The number of hydrogen-bond acceptors (Lipinski definition) is 3. The van der Waals surface area contributed by atoms with Gasteiger partial charge in [0.05, 0.1) is 17.5 Å². The molecule has 4 heteroatoms. The minimum atomic E-state index is -1.12. The third kappa shape index (κ3) is 3.87. The molecule has 0 bridgehead atoms. The summed E-state index contributed by atoms with van der Waals surface area (Å²) in [6, 6.07) is 2.11. The van der Waals surface area contributed by atoms with Gasteiger partial charge < -0.3 is 4.55 Å². The molecule has 0 aromatic heterocycles. The van der Waals surface area contributed by atoms with E-state index in [-0.39, 0.29) is 10.8 Å². The molecule has 1 unspecified atom stereocenters. The van der Waals surface area contributed by atoms with Crippen LogP contribution in [0.25, 0.3) is 0 Å². The van der Waals surface area contributed by atoms with E-state index in [9.17, 15) is 4.55 Å². The van der Waals surface area contributed by atoms with Crippen molar-refractivity contribution in [1.82, 2.24) is 4.72 Å². The van der Waals surface area contributed by atoms with Crippen molar-refractivity contribution in [3.63, 3.8) is 0 Å². The molecule has 0 aliphatic carbocycles. The molecule has 0 spiro atoms. The van der Waals surface area contributed by atoms with Gasteiger partial charge in [-0.15, -0.1) is 4.72 Å². The molecular weight excluding hydrogens is 196 g/mol. The molecule has 14 heavy (non-hydrogen) atoms. The van der Waals surface area contributed by atoms with Crippen LogP contribution in [0, 0.1) is 16.7 Å². The van der Waals surface area contributed by atoms with Crippen molar-refractivity contribution in [3.8, 4) is 6.07 Å². The van der Waals surface area contributed by atoms with Crippen LogP contribution in [0.2, 0.25) is 0 Å². The van der Waals surface area contributed by atoms with Gasteiger partial charge in [-0.05, 0) is 41.5 Å². The summed E-state index contributed by atoms with van der Waals surface area (Å²) in [6.07, 6.45) is 0. The Morgan fingerprint density at radius 1 is 1.29 bits per heavy atom. The first kappa shape index (κ1) is 13.8. The second-order valence-electron chi connectivity index (χ2n) is 5.05. The molecule has 0 saturated carbocycles. The highest BCUT2D eigenvalue weighted by atomic mass is 32.2. The highest BCUT2D eigenvalue weighted by Crippen LogP contribution is 2.22. The number of nitrogens with one attached hydrogen (secondary N) is 1. The van der Waals surface area contributed by atoms with E-state index in [0.717, 1.165) is 0 Å². The second kappa shape index (κ2) is 4.52. The highest BCUT2D eigenvalue weighted by molar-refractivity contribution is 7.90. The Balaban J connectivity index is 4.36. The molecule has 0 radical (unpaired) electrons. The van der Waals surface area contributed by atoms with E-state index >= 15 is 0 Å². The Morgan fingerprint density at radius 3 is 2.00 bits per heavy atom. The summed E-state index contributed by atoms with van der Waals surface area (Å²) >= 11 is -1.12. The van der Waals surface area contributed by atoms with Gasteiger partial charge in [0.15, 0.2) is 0 Å². The lowest BCUT2D eigenvalue weighted by molar-refractivity contribution is 0.374. The van der Waals surface area contributed by atoms with Gasteiger partial charge in [0, 0.05) is 11.4 Å². The predicted molar refractivity (Wildman–Crippen MR) is 59.9 cm³/mol. The molecule has 0 fully saturated rings. The molecule has 0 heterocycles. The first-order chi connectivity index (χ1) is 6.11. The van der Waals surface area contributed by atoms with Crippen LogP contribution in [0.3, 0.4) is 0 Å². The summed E-state index contributed by atoms with van der Waals surface area (Å²) in [7, 11) is 0. The third-order valence-corrected chi connectivity index (χ3v) is 3.89. The monoisotopic (exact) mass is 216 g/mol. The highest BCUT2D eigenvalue weighted by Gasteiger charge is 2.34. The van der Waals surface area contributed by atoms with Gasteiger partial charge in [-0.25, -0.2) is 0 Å². The van der Waals surface area contributed by atoms with Crippen LogP contribution in [0.5, 0.6) is 0 Å². The lowest BCUT2D eigenvalue weighted by atomic mass is 9.88. The minimum absolute atomic E-state index is 0.0902. The van der Waals surface area contributed by atoms with Gasteiger partial charge in [0.1, 0.15) is 4.75 Å². The lowest BCUT2D eigenvalue weighted by Gasteiger charge is -2.30. The van der Waals surface area contributed by atoms with Crippen molar-refractivity contribution >= 4 is 11.4 Å². The van der Waals surface area contributed by atoms with E-state index in [1.54, 1.807) is 0 Å².